The van der Waals surface area contributed by atoms with Crippen molar-refractivity contribution in [1.82, 2.24) is 4.90 Å². The van der Waals surface area contributed by atoms with Crippen LogP contribution >= 0.6 is 15.9 Å². The second-order valence-electron chi connectivity index (χ2n) is 5.04. The zero-order valence-electron chi connectivity index (χ0n) is 11.7. The van der Waals surface area contributed by atoms with Crippen molar-refractivity contribution in [1.29, 1.82) is 0 Å². The van der Waals surface area contributed by atoms with Crippen LogP contribution in [0.25, 0.3) is 0 Å². The number of nitrogens with zero attached hydrogens (tertiary/aromatic N) is 1. The Hall–Kier alpha value is -1.52. The molecule has 0 aliphatic heterocycles. The standard InChI is InChI=1S/C16H19BrN2O/c1-19(2)11-12-5-3-7-14(9-12)18-10-13-6-4-8-15(17)16(13)20/h3-9,18,20H,10-11H2,1-2H3. The first kappa shape index (κ1) is 14.9. The highest BCUT2D eigenvalue weighted by molar-refractivity contribution is 9.10. The van der Waals surface area contributed by atoms with Crippen molar-refractivity contribution in [3.05, 3.63) is 58.1 Å². The van der Waals surface area contributed by atoms with E-state index < -0.39 is 0 Å². The average Bonchev–Trinajstić information content (AvgIpc) is 2.40. The van der Waals surface area contributed by atoms with Gasteiger partial charge in [0.2, 0.25) is 0 Å². The van der Waals surface area contributed by atoms with Crippen LogP contribution in [0.4, 0.5) is 5.69 Å². The summed E-state index contributed by atoms with van der Waals surface area (Å²) in [6.07, 6.45) is 0. The number of halogens is 1. The number of anilines is 1. The molecule has 2 aromatic carbocycles. The van der Waals surface area contributed by atoms with Crippen LogP contribution in [0.3, 0.4) is 0 Å². The fourth-order valence-electron chi connectivity index (χ4n) is 2.04. The first-order valence-electron chi connectivity index (χ1n) is 6.50. The SMILES string of the molecule is CN(C)Cc1cccc(NCc2cccc(Br)c2O)c1. The maximum absolute atomic E-state index is 9.96. The van der Waals surface area contributed by atoms with Crippen molar-refractivity contribution in [2.45, 2.75) is 13.1 Å². The van der Waals surface area contributed by atoms with Crippen LogP contribution in [0.5, 0.6) is 5.75 Å². The highest BCUT2D eigenvalue weighted by Gasteiger charge is 2.04. The molecule has 2 rings (SSSR count). The minimum atomic E-state index is 0.296. The van der Waals surface area contributed by atoms with Crippen molar-refractivity contribution < 1.29 is 5.11 Å². The zero-order chi connectivity index (χ0) is 14.5. The van der Waals surface area contributed by atoms with Crippen LogP contribution in [-0.4, -0.2) is 24.1 Å². The summed E-state index contributed by atoms with van der Waals surface area (Å²) in [6.45, 7) is 1.51. The number of hydrogen-bond acceptors (Lipinski definition) is 3. The van der Waals surface area contributed by atoms with Gasteiger partial charge in [0.15, 0.2) is 0 Å². The summed E-state index contributed by atoms with van der Waals surface area (Å²) >= 11 is 3.33. The topological polar surface area (TPSA) is 35.5 Å². The highest BCUT2D eigenvalue weighted by Crippen LogP contribution is 2.28. The van der Waals surface area contributed by atoms with Crippen LogP contribution in [0.2, 0.25) is 0 Å². The van der Waals surface area contributed by atoms with Gasteiger partial charge in [-0.1, -0.05) is 24.3 Å². The molecule has 0 fully saturated rings. The molecule has 0 aliphatic carbocycles. The molecule has 4 heteroatoms. The van der Waals surface area contributed by atoms with Gasteiger partial charge in [0.1, 0.15) is 5.75 Å². The molecule has 0 bridgehead atoms. The number of phenols is 1. The molecule has 0 saturated carbocycles. The molecular formula is C16H19BrN2O. The number of phenolic OH excluding ortho intramolecular Hbond substituents is 1. The predicted octanol–water partition coefficient (Wildman–Crippen LogP) is 3.83. The molecule has 0 aromatic heterocycles. The Morgan fingerprint density at radius 1 is 1.15 bits per heavy atom. The van der Waals surface area contributed by atoms with Gasteiger partial charge in [-0.3, -0.25) is 0 Å². The largest absolute Gasteiger partial charge is 0.506 e. The summed E-state index contributed by atoms with van der Waals surface area (Å²) in [6, 6.07) is 14.0. The highest BCUT2D eigenvalue weighted by atomic mass is 79.9. The fraction of sp³-hybridized carbons (Fsp3) is 0.250. The van der Waals surface area contributed by atoms with Crippen molar-refractivity contribution in [2.75, 3.05) is 19.4 Å². The van der Waals surface area contributed by atoms with E-state index in [-0.39, 0.29) is 0 Å². The second kappa shape index (κ2) is 6.77. The van der Waals surface area contributed by atoms with Crippen LogP contribution in [-0.2, 0) is 13.1 Å². The number of rotatable bonds is 5. The molecule has 2 aromatic rings. The van der Waals surface area contributed by atoms with E-state index in [4.69, 9.17) is 0 Å². The predicted molar refractivity (Wildman–Crippen MR) is 87.0 cm³/mol. The van der Waals surface area contributed by atoms with Gasteiger partial charge in [-0.25, -0.2) is 0 Å². The van der Waals surface area contributed by atoms with Gasteiger partial charge in [0.05, 0.1) is 4.47 Å². The Bertz CT molecular complexity index is 584. The van der Waals surface area contributed by atoms with Gasteiger partial charge >= 0.3 is 0 Å². The number of para-hydroxylation sites is 1. The Balaban J connectivity index is 2.05. The molecule has 0 saturated heterocycles. The van der Waals surface area contributed by atoms with Crippen molar-refractivity contribution in [3.8, 4) is 5.75 Å². The fourth-order valence-corrected chi connectivity index (χ4v) is 2.45. The monoisotopic (exact) mass is 334 g/mol. The molecule has 3 nitrogen and oxygen atoms in total. The lowest BCUT2D eigenvalue weighted by molar-refractivity contribution is 0.402. The van der Waals surface area contributed by atoms with Gasteiger partial charge in [-0.15, -0.1) is 0 Å². The summed E-state index contributed by atoms with van der Waals surface area (Å²) in [7, 11) is 4.11. The molecule has 0 aliphatic rings. The lowest BCUT2D eigenvalue weighted by Crippen LogP contribution is -2.10. The quantitative estimate of drug-likeness (QED) is 0.872. The third kappa shape index (κ3) is 3.99. The minimum absolute atomic E-state index is 0.296. The summed E-state index contributed by atoms with van der Waals surface area (Å²) in [5.41, 5.74) is 3.19. The van der Waals surface area contributed by atoms with E-state index in [1.54, 1.807) is 0 Å². The molecule has 0 atom stereocenters. The van der Waals surface area contributed by atoms with Crippen LogP contribution < -0.4 is 5.32 Å². The Kier molecular flexibility index (Phi) is 5.04. The summed E-state index contributed by atoms with van der Waals surface area (Å²) in [5, 5.41) is 13.3. The van der Waals surface area contributed by atoms with Crippen molar-refractivity contribution in [3.63, 3.8) is 0 Å². The van der Waals surface area contributed by atoms with Crippen molar-refractivity contribution in [2.24, 2.45) is 0 Å². The maximum Gasteiger partial charge on any atom is 0.134 e. The molecule has 0 radical (unpaired) electrons. The minimum Gasteiger partial charge on any atom is -0.506 e. The van der Waals surface area contributed by atoms with Crippen LogP contribution in [0.1, 0.15) is 11.1 Å². The van der Waals surface area contributed by atoms with E-state index in [0.717, 1.165) is 22.3 Å². The molecule has 0 spiro atoms. The summed E-state index contributed by atoms with van der Waals surface area (Å²) in [4.78, 5) is 2.14. The molecule has 106 valence electrons. The second-order valence-corrected chi connectivity index (χ2v) is 5.89. The van der Waals surface area contributed by atoms with Gasteiger partial charge < -0.3 is 15.3 Å². The number of aromatic hydroxyl groups is 1. The first-order chi connectivity index (χ1) is 9.56. The van der Waals surface area contributed by atoms with Gasteiger partial charge in [-0.05, 0) is 53.8 Å². The molecule has 0 amide bonds. The normalized spacial score (nSPS) is 10.8. The maximum atomic E-state index is 9.96. The van der Waals surface area contributed by atoms with E-state index in [1.807, 2.05) is 30.3 Å². The third-order valence-electron chi connectivity index (χ3n) is 2.98. The third-order valence-corrected chi connectivity index (χ3v) is 3.62. The molecule has 20 heavy (non-hydrogen) atoms. The van der Waals surface area contributed by atoms with Gasteiger partial charge in [-0.2, -0.15) is 0 Å². The zero-order valence-corrected chi connectivity index (χ0v) is 13.3. The number of hydrogen-bond donors (Lipinski definition) is 2. The Morgan fingerprint density at radius 3 is 2.65 bits per heavy atom. The lowest BCUT2D eigenvalue weighted by Gasteiger charge is -2.13. The van der Waals surface area contributed by atoms with Crippen LogP contribution in [0, 0.1) is 0 Å². The van der Waals surface area contributed by atoms with E-state index in [9.17, 15) is 5.11 Å². The Morgan fingerprint density at radius 2 is 1.90 bits per heavy atom. The number of nitrogens with one attached hydrogen (secondary N) is 1. The van der Waals surface area contributed by atoms with Crippen molar-refractivity contribution >= 4 is 21.6 Å². The van der Waals surface area contributed by atoms with Gasteiger partial charge in [0, 0.05) is 24.3 Å². The lowest BCUT2D eigenvalue weighted by atomic mass is 10.1. The average molecular weight is 335 g/mol. The summed E-state index contributed by atoms with van der Waals surface area (Å²) < 4.78 is 0.721. The summed E-state index contributed by atoms with van der Waals surface area (Å²) in [5.74, 6) is 0.296. The first-order valence-corrected chi connectivity index (χ1v) is 7.29. The van der Waals surface area contributed by atoms with Gasteiger partial charge in [0.25, 0.3) is 0 Å². The molecule has 0 heterocycles. The Labute approximate surface area is 128 Å². The van der Waals surface area contributed by atoms with E-state index in [0.29, 0.717) is 12.3 Å². The van der Waals surface area contributed by atoms with E-state index in [1.165, 1.54) is 5.56 Å². The van der Waals surface area contributed by atoms with E-state index in [2.05, 4.69) is 52.4 Å². The molecule has 0 unspecified atom stereocenters. The smallest absolute Gasteiger partial charge is 0.134 e. The van der Waals surface area contributed by atoms with E-state index >= 15 is 0 Å². The number of benzene rings is 2. The van der Waals surface area contributed by atoms with Crippen LogP contribution in [0.15, 0.2) is 46.9 Å². The molecular weight excluding hydrogens is 316 g/mol. The molecule has 2 N–H and O–H groups in total.